The van der Waals surface area contributed by atoms with Crippen molar-refractivity contribution in [3.63, 3.8) is 0 Å². The molecule has 1 heterocycles. The molecule has 0 aliphatic carbocycles. The van der Waals surface area contributed by atoms with E-state index >= 15 is 0 Å². The Hall–Kier alpha value is -1.88. The summed E-state index contributed by atoms with van der Waals surface area (Å²) in [6.45, 7) is 3.25. The van der Waals surface area contributed by atoms with Crippen LogP contribution >= 0.6 is 0 Å². The molecular weight excluding hydrogens is 245 g/mol. The lowest BCUT2D eigenvalue weighted by Crippen LogP contribution is -2.09. The second-order valence-electron chi connectivity index (χ2n) is 4.33. The number of hydrogen-bond acceptors (Lipinski definition) is 3. The molecule has 0 aliphatic heterocycles. The van der Waals surface area contributed by atoms with Crippen molar-refractivity contribution in [1.29, 1.82) is 0 Å². The number of aryl methyl sites for hydroxylation is 1. The van der Waals surface area contributed by atoms with Gasteiger partial charge >= 0.3 is 0 Å². The lowest BCUT2D eigenvalue weighted by molar-refractivity contribution is 0.197. The third-order valence-electron chi connectivity index (χ3n) is 2.87. The number of rotatable bonds is 6. The number of benzene rings is 1. The van der Waals surface area contributed by atoms with Crippen LogP contribution in [-0.2, 0) is 4.74 Å². The van der Waals surface area contributed by atoms with E-state index < -0.39 is 0 Å². The molecule has 0 bridgehead atoms. The lowest BCUT2D eigenvalue weighted by Gasteiger charge is -2.10. The molecule has 0 fully saturated rings. The molecule has 1 N–H and O–H groups in total. The summed E-state index contributed by atoms with van der Waals surface area (Å²) < 4.78 is 20.2. The quantitative estimate of drug-likeness (QED) is 0.814. The molecule has 1 aromatic heterocycles. The molecule has 0 saturated heterocycles. The predicted octanol–water partition coefficient (Wildman–Crippen LogP) is 2.77. The Balaban J connectivity index is 2.12. The van der Waals surface area contributed by atoms with E-state index in [1.54, 1.807) is 32.4 Å². The first-order chi connectivity index (χ1) is 9.22. The number of anilines is 1. The minimum Gasteiger partial charge on any atom is -0.385 e. The van der Waals surface area contributed by atoms with E-state index in [0.717, 1.165) is 24.6 Å². The van der Waals surface area contributed by atoms with Gasteiger partial charge in [0, 0.05) is 38.3 Å². The Morgan fingerprint density at radius 1 is 1.42 bits per heavy atom. The van der Waals surface area contributed by atoms with Gasteiger partial charge in [0.05, 0.1) is 0 Å². The van der Waals surface area contributed by atoms with Crippen LogP contribution in [0, 0.1) is 12.7 Å². The molecule has 0 saturated carbocycles. The number of ether oxygens (including phenoxy) is 1. The van der Waals surface area contributed by atoms with Crippen molar-refractivity contribution < 1.29 is 9.13 Å². The van der Waals surface area contributed by atoms with Crippen molar-refractivity contribution in [3.8, 4) is 5.69 Å². The second kappa shape index (κ2) is 6.33. The first kappa shape index (κ1) is 13.5. The van der Waals surface area contributed by atoms with Crippen molar-refractivity contribution in [2.75, 3.05) is 25.6 Å². The van der Waals surface area contributed by atoms with Crippen molar-refractivity contribution in [2.24, 2.45) is 0 Å². The summed E-state index contributed by atoms with van der Waals surface area (Å²) in [6, 6.07) is 5.01. The number of imidazole rings is 1. The van der Waals surface area contributed by atoms with E-state index in [4.69, 9.17) is 4.74 Å². The maximum absolute atomic E-state index is 13.3. The van der Waals surface area contributed by atoms with Crippen molar-refractivity contribution >= 4 is 5.95 Å². The van der Waals surface area contributed by atoms with Gasteiger partial charge in [-0.2, -0.15) is 0 Å². The van der Waals surface area contributed by atoms with Crippen LogP contribution in [-0.4, -0.2) is 29.8 Å². The molecule has 19 heavy (non-hydrogen) atoms. The fourth-order valence-corrected chi connectivity index (χ4v) is 1.84. The van der Waals surface area contributed by atoms with E-state index in [1.165, 1.54) is 6.07 Å². The summed E-state index contributed by atoms with van der Waals surface area (Å²) in [6.07, 6.45) is 4.48. The molecular formula is C14H18FN3O. The van der Waals surface area contributed by atoms with Gasteiger partial charge in [0.15, 0.2) is 0 Å². The van der Waals surface area contributed by atoms with Crippen LogP contribution < -0.4 is 5.32 Å². The minimum atomic E-state index is -0.196. The molecule has 0 aliphatic rings. The number of hydrogen-bond donors (Lipinski definition) is 1. The SMILES string of the molecule is COCCCNc1nccn1-c1ccc(F)c(C)c1. The highest BCUT2D eigenvalue weighted by Gasteiger charge is 2.06. The van der Waals surface area contributed by atoms with Gasteiger partial charge in [-0.1, -0.05) is 0 Å². The second-order valence-corrected chi connectivity index (χ2v) is 4.33. The van der Waals surface area contributed by atoms with Crippen LogP contribution in [0.3, 0.4) is 0 Å². The summed E-state index contributed by atoms with van der Waals surface area (Å²) >= 11 is 0. The molecule has 5 heteroatoms. The molecule has 0 amide bonds. The Kier molecular flexibility index (Phi) is 4.52. The molecule has 2 rings (SSSR count). The molecule has 0 unspecified atom stereocenters. The Bertz CT molecular complexity index is 539. The average Bonchev–Trinajstić information content (AvgIpc) is 2.86. The molecule has 0 spiro atoms. The van der Waals surface area contributed by atoms with E-state index in [0.29, 0.717) is 12.2 Å². The van der Waals surface area contributed by atoms with Gasteiger partial charge < -0.3 is 10.1 Å². The molecule has 0 atom stereocenters. The smallest absolute Gasteiger partial charge is 0.207 e. The lowest BCUT2D eigenvalue weighted by atomic mass is 10.2. The zero-order valence-corrected chi connectivity index (χ0v) is 11.2. The zero-order valence-electron chi connectivity index (χ0n) is 11.2. The van der Waals surface area contributed by atoms with Gasteiger partial charge in [-0.05, 0) is 37.1 Å². The standard InChI is InChI=1S/C14H18FN3O/c1-11-10-12(4-5-13(11)15)18-8-7-17-14(18)16-6-3-9-19-2/h4-5,7-8,10H,3,6,9H2,1-2H3,(H,16,17). The molecule has 2 aromatic rings. The normalized spacial score (nSPS) is 10.7. The topological polar surface area (TPSA) is 39.1 Å². The highest BCUT2D eigenvalue weighted by Crippen LogP contribution is 2.17. The summed E-state index contributed by atoms with van der Waals surface area (Å²) in [5, 5.41) is 3.24. The third kappa shape index (κ3) is 3.32. The average molecular weight is 263 g/mol. The van der Waals surface area contributed by atoms with Gasteiger partial charge in [-0.15, -0.1) is 0 Å². The highest BCUT2D eigenvalue weighted by atomic mass is 19.1. The van der Waals surface area contributed by atoms with Gasteiger partial charge in [0.25, 0.3) is 0 Å². The van der Waals surface area contributed by atoms with E-state index in [9.17, 15) is 4.39 Å². The van der Waals surface area contributed by atoms with Crippen molar-refractivity contribution in [1.82, 2.24) is 9.55 Å². The van der Waals surface area contributed by atoms with Crippen molar-refractivity contribution in [3.05, 3.63) is 42.0 Å². The fraction of sp³-hybridized carbons (Fsp3) is 0.357. The maximum atomic E-state index is 13.3. The summed E-state index contributed by atoms with van der Waals surface area (Å²) in [5.74, 6) is 0.556. The molecule has 102 valence electrons. The molecule has 0 radical (unpaired) electrons. The number of nitrogens with zero attached hydrogens (tertiary/aromatic N) is 2. The van der Waals surface area contributed by atoms with E-state index in [1.807, 2.05) is 10.8 Å². The maximum Gasteiger partial charge on any atom is 0.207 e. The third-order valence-corrected chi connectivity index (χ3v) is 2.87. The summed E-state index contributed by atoms with van der Waals surface area (Å²) in [4.78, 5) is 4.26. The number of halogens is 1. The predicted molar refractivity (Wildman–Crippen MR) is 73.2 cm³/mol. The van der Waals surface area contributed by atoms with Crippen LogP contribution in [0.4, 0.5) is 10.3 Å². The van der Waals surface area contributed by atoms with Crippen LogP contribution in [0.1, 0.15) is 12.0 Å². The Morgan fingerprint density at radius 3 is 3.00 bits per heavy atom. The first-order valence-corrected chi connectivity index (χ1v) is 6.25. The van der Waals surface area contributed by atoms with E-state index in [-0.39, 0.29) is 5.82 Å². The van der Waals surface area contributed by atoms with Gasteiger partial charge in [0.1, 0.15) is 5.82 Å². The number of methoxy groups -OCH3 is 1. The van der Waals surface area contributed by atoms with Crippen LogP contribution in [0.5, 0.6) is 0 Å². The van der Waals surface area contributed by atoms with Crippen LogP contribution in [0.15, 0.2) is 30.6 Å². The number of nitrogens with one attached hydrogen (secondary N) is 1. The van der Waals surface area contributed by atoms with Gasteiger partial charge in [0.2, 0.25) is 5.95 Å². The first-order valence-electron chi connectivity index (χ1n) is 6.25. The Labute approximate surface area is 112 Å². The van der Waals surface area contributed by atoms with Crippen molar-refractivity contribution in [2.45, 2.75) is 13.3 Å². The molecule has 4 nitrogen and oxygen atoms in total. The monoisotopic (exact) mass is 263 g/mol. The summed E-state index contributed by atoms with van der Waals surface area (Å²) in [7, 11) is 1.68. The van der Waals surface area contributed by atoms with Crippen LogP contribution in [0.25, 0.3) is 5.69 Å². The van der Waals surface area contributed by atoms with Gasteiger partial charge in [-0.25, -0.2) is 9.37 Å². The largest absolute Gasteiger partial charge is 0.385 e. The highest BCUT2D eigenvalue weighted by molar-refractivity contribution is 5.43. The fourth-order valence-electron chi connectivity index (χ4n) is 1.84. The minimum absolute atomic E-state index is 0.196. The van der Waals surface area contributed by atoms with Gasteiger partial charge in [-0.3, -0.25) is 4.57 Å². The zero-order chi connectivity index (χ0) is 13.7. The molecule has 1 aromatic carbocycles. The Morgan fingerprint density at radius 2 is 2.26 bits per heavy atom. The van der Waals surface area contributed by atoms with Crippen LogP contribution in [0.2, 0.25) is 0 Å². The number of aromatic nitrogens is 2. The van der Waals surface area contributed by atoms with E-state index in [2.05, 4.69) is 10.3 Å². The summed E-state index contributed by atoms with van der Waals surface area (Å²) in [5.41, 5.74) is 1.52.